The second-order valence-corrected chi connectivity index (χ2v) is 11.2. The molecule has 33 heavy (non-hydrogen) atoms. The van der Waals surface area contributed by atoms with E-state index in [1.807, 2.05) is 30.3 Å². The fourth-order valence-corrected chi connectivity index (χ4v) is 7.25. The van der Waals surface area contributed by atoms with E-state index in [2.05, 4.69) is 5.32 Å². The van der Waals surface area contributed by atoms with Crippen LogP contribution in [0.3, 0.4) is 0 Å². The number of rotatable bonds is 5. The van der Waals surface area contributed by atoms with Crippen LogP contribution in [0.15, 0.2) is 30.5 Å². The van der Waals surface area contributed by atoms with Crippen LogP contribution in [0, 0.1) is 0 Å². The zero-order valence-corrected chi connectivity index (χ0v) is 19.9. The van der Waals surface area contributed by atoms with Crippen LogP contribution in [-0.2, 0) is 36.3 Å². The fraction of sp³-hybridized carbons (Fsp3) is 0.348. The molecule has 1 aromatic carbocycles. The Morgan fingerprint density at radius 1 is 1.24 bits per heavy atom. The van der Waals surface area contributed by atoms with Crippen molar-refractivity contribution in [1.29, 1.82) is 0 Å². The van der Waals surface area contributed by atoms with Gasteiger partial charge in [-0.15, -0.1) is 11.3 Å². The highest BCUT2D eigenvalue weighted by Crippen LogP contribution is 2.39. The molecule has 0 fully saturated rings. The van der Waals surface area contributed by atoms with Crippen LogP contribution in [0.25, 0.3) is 6.08 Å². The highest BCUT2D eigenvalue weighted by atomic mass is 32.2. The maximum absolute atomic E-state index is 13.1. The van der Waals surface area contributed by atoms with E-state index in [4.69, 9.17) is 4.74 Å². The number of anilines is 1. The number of hydrogen-bond donors (Lipinski definition) is 1. The number of thiophene rings is 1. The maximum atomic E-state index is 13.1. The Kier molecular flexibility index (Phi) is 6.40. The Balaban J connectivity index is 1.63. The van der Waals surface area contributed by atoms with Gasteiger partial charge in [-0.25, -0.2) is 13.2 Å². The Bertz CT molecular complexity index is 1260. The van der Waals surface area contributed by atoms with Crippen molar-refractivity contribution in [3.63, 3.8) is 0 Å². The number of nitrogens with zero attached hydrogens (tertiary/aromatic N) is 1. The molecule has 0 saturated carbocycles. The van der Waals surface area contributed by atoms with E-state index >= 15 is 0 Å². The molecule has 0 spiro atoms. The van der Waals surface area contributed by atoms with Crippen LogP contribution in [0.4, 0.5) is 5.00 Å². The van der Waals surface area contributed by atoms with Crippen LogP contribution in [-0.4, -0.2) is 43.5 Å². The SMILES string of the molecule is CCOC(=O)c1c(NC(=O)CC2c3ccccc3C=CN2C(C)=O)sc2c1CCS(=O)(=O)C2. The molecule has 0 saturated heterocycles. The molecule has 3 heterocycles. The van der Waals surface area contributed by atoms with Gasteiger partial charge in [-0.2, -0.15) is 0 Å². The number of hydrogen-bond acceptors (Lipinski definition) is 7. The van der Waals surface area contributed by atoms with Gasteiger partial charge >= 0.3 is 5.97 Å². The van der Waals surface area contributed by atoms with Crippen molar-refractivity contribution in [2.45, 2.75) is 38.5 Å². The van der Waals surface area contributed by atoms with Gasteiger partial charge in [-0.3, -0.25) is 9.59 Å². The number of carbonyl (C=O) groups excluding carboxylic acids is 3. The molecule has 4 rings (SSSR count). The van der Waals surface area contributed by atoms with Gasteiger partial charge in [0.25, 0.3) is 0 Å². The van der Waals surface area contributed by atoms with E-state index < -0.39 is 21.8 Å². The third kappa shape index (κ3) is 4.72. The molecule has 0 aliphatic carbocycles. The molecule has 10 heteroatoms. The first-order chi connectivity index (χ1) is 15.7. The number of esters is 1. The van der Waals surface area contributed by atoms with Crippen molar-refractivity contribution in [1.82, 2.24) is 4.90 Å². The Hall–Kier alpha value is -2.98. The summed E-state index contributed by atoms with van der Waals surface area (Å²) in [6.07, 6.45) is 3.68. The largest absolute Gasteiger partial charge is 0.462 e. The number of nitrogens with one attached hydrogen (secondary N) is 1. The minimum Gasteiger partial charge on any atom is -0.462 e. The Morgan fingerprint density at radius 2 is 2.00 bits per heavy atom. The van der Waals surface area contributed by atoms with Crippen molar-refractivity contribution in [3.8, 4) is 0 Å². The van der Waals surface area contributed by atoms with Crippen LogP contribution in [0.2, 0.25) is 0 Å². The van der Waals surface area contributed by atoms with Gasteiger partial charge < -0.3 is 15.0 Å². The summed E-state index contributed by atoms with van der Waals surface area (Å²) in [6.45, 7) is 3.29. The average molecular weight is 489 g/mol. The number of amides is 2. The van der Waals surface area contributed by atoms with E-state index in [-0.39, 0.29) is 53.3 Å². The molecule has 1 unspecified atom stereocenters. The Morgan fingerprint density at radius 3 is 2.73 bits per heavy atom. The van der Waals surface area contributed by atoms with Gasteiger partial charge in [0, 0.05) is 18.0 Å². The average Bonchev–Trinajstić information content (AvgIpc) is 3.09. The van der Waals surface area contributed by atoms with Gasteiger partial charge in [-0.05, 0) is 36.1 Å². The summed E-state index contributed by atoms with van der Waals surface area (Å²) in [6, 6.07) is 7.05. The highest BCUT2D eigenvalue weighted by Gasteiger charge is 2.33. The van der Waals surface area contributed by atoms with Crippen LogP contribution >= 0.6 is 11.3 Å². The predicted octanol–water partition coefficient (Wildman–Crippen LogP) is 3.30. The summed E-state index contributed by atoms with van der Waals surface area (Å²) in [5, 5.41) is 3.08. The summed E-state index contributed by atoms with van der Waals surface area (Å²) >= 11 is 1.10. The van der Waals surface area contributed by atoms with E-state index in [9.17, 15) is 22.8 Å². The quantitative estimate of drug-likeness (QED) is 0.647. The molecule has 174 valence electrons. The van der Waals surface area contributed by atoms with Gasteiger partial charge in [0.1, 0.15) is 5.00 Å². The number of sulfone groups is 1. The van der Waals surface area contributed by atoms with Crippen molar-refractivity contribution < 1.29 is 27.5 Å². The zero-order valence-electron chi connectivity index (χ0n) is 18.3. The van der Waals surface area contributed by atoms with Gasteiger partial charge in [0.05, 0.1) is 36.1 Å². The number of carbonyl (C=O) groups is 3. The highest BCUT2D eigenvalue weighted by molar-refractivity contribution is 7.90. The summed E-state index contributed by atoms with van der Waals surface area (Å²) in [7, 11) is -3.25. The molecule has 1 atom stereocenters. The fourth-order valence-electron chi connectivity index (χ4n) is 4.20. The van der Waals surface area contributed by atoms with Crippen molar-refractivity contribution in [2.75, 3.05) is 17.7 Å². The number of fused-ring (bicyclic) bond motifs is 2. The molecule has 0 bridgehead atoms. The Labute approximate surface area is 196 Å². The van der Waals surface area contributed by atoms with E-state index in [1.165, 1.54) is 11.8 Å². The standard InChI is InChI=1S/C23H24N2O6S2/c1-3-31-23(28)21-17-9-11-33(29,30)13-19(17)32-22(21)24-20(27)12-18-16-7-5-4-6-15(16)8-10-25(18)14(2)26/h4-8,10,18H,3,9,11-13H2,1-2H3,(H,24,27). The molecule has 1 aromatic heterocycles. The van der Waals surface area contributed by atoms with E-state index in [0.29, 0.717) is 10.4 Å². The second-order valence-electron chi connectivity index (χ2n) is 7.91. The molecule has 2 amide bonds. The number of benzene rings is 1. The number of ether oxygens (including phenoxy) is 1. The van der Waals surface area contributed by atoms with Gasteiger partial charge in [0.15, 0.2) is 9.84 Å². The topological polar surface area (TPSA) is 110 Å². The van der Waals surface area contributed by atoms with E-state index in [1.54, 1.807) is 13.1 Å². The molecule has 0 radical (unpaired) electrons. The molecule has 2 aliphatic heterocycles. The monoisotopic (exact) mass is 488 g/mol. The molecule has 8 nitrogen and oxygen atoms in total. The predicted molar refractivity (Wildman–Crippen MR) is 125 cm³/mol. The minimum absolute atomic E-state index is 0.0237. The molecule has 2 aromatic rings. The molecule has 1 N–H and O–H groups in total. The first kappa shape index (κ1) is 23.2. The van der Waals surface area contributed by atoms with Crippen LogP contribution in [0.5, 0.6) is 0 Å². The minimum atomic E-state index is -3.25. The lowest BCUT2D eigenvalue weighted by molar-refractivity contribution is -0.129. The van der Waals surface area contributed by atoms with Crippen molar-refractivity contribution in [2.24, 2.45) is 0 Å². The first-order valence-corrected chi connectivity index (χ1v) is 13.2. The smallest absolute Gasteiger partial charge is 0.341 e. The normalized spacial score (nSPS) is 18.2. The summed E-state index contributed by atoms with van der Waals surface area (Å²) in [4.78, 5) is 40.0. The first-order valence-electron chi connectivity index (χ1n) is 10.6. The lowest BCUT2D eigenvalue weighted by Crippen LogP contribution is -2.33. The lowest BCUT2D eigenvalue weighted by atomic mass is 9.93. The summed E-state index contributed by atoms with van der Waals surface area (Å²) < 4.78 is 29.4. The van der Waals surface area contributed by atoms with Gasteiger partial charge in [-0.1, -0.05) is 24.3 Å². The van der Waals surface area contributed by atoms with Gasteiger partial charge in [0.2, 0.25) is 11.8 Å². The lowest BCUT2D eigenvalue weighted by Gasteiger charge is -2.32. The van der Waals surface area contributed by atoms with E-state index in [0.717, 1.165) is 22.5 Å². The summed E-state index contributed by atoms with van der Waals surface area (Å²) in [5.74, 6) is -1.37. The third-order valence-corrected chi connectivity index (χ3v) is 8.57. The van der Waals surface area contributed by atoms with Crippen molar-refractivity contribution in [3.05, 3.63) is 57.6 Å². The molecule has 2 aliphatic rings. The second kappa shape index (κ2) is 9.11. The van der Waals surface area contributed by atoms with Crippen LogP contribution < -0.4 is 5.32 Å². The third-order valence-electron chi connectivity index (χ3n) is 5.69. The molecular weight excluding hydrogens is 464 g/mol. The zero-order chi connectivity index (χ0) is 23.8. The van der Waals surface area contributed by atoms with Crippen LogP contribution in [0.1, 0.15) is 58.2 Å². The summed E-state index contributed by atoms with van der Waals surface area (Å²) in [5.41, 5.74) is 2.64. The maximum Gasteiger partial charge on any atom is 0.341 e. The van der Waals surface area contributed by atoms with Crippen molar-refractivity contribution >= 4 is 50.0 Å². The molecular formula is C23H24N2O6S2.